The minimum atomic E-state index is -2.18. The van der Waals surface area contributed by atoms with E-state index in [9.17, 15) is 39.9 Å². The third kappa shape index (κ3) is 11.5. The monoisotopic (exact) mass is 791 g/mol. The zero-order chi connectivity index (χ0) is 42.3. The van der Waals surface area contributed by atoms with Gasteiger partial charge < -0.3 is 39.7 Å². The highest BCUT2D eigenvalue weighted by molar-refractivity contribution is 5.91. The minimum Gasteiger partial charge on any atom is -0.458 e. The van der Waals surface area contributed by atoms with Crippen molar-refractivity contribution >= 4 is 17.5 Å². The van der Waals surface area contributed by atoms with Crippen LogP contribution < -0.4 is 0 Å². The number of allylic oxidation sites excluding steroid dienone is 4. The summed E-state index contributed by atoms with van der Waals surface area (Å²) in [6.07, 6.45) is 9.62. The zero-order valence-corrected chi connectivity index (χ0v) is 35.8. The molecule has 2 saturated heterocycles. The third-order valence-corrected chi connectivity index (χ3v) is 13.4. The second-order valence-electron chi connectivity index (χ2n) is 18.0. The van der Waals surface area contributed by atoms with Crippen LogP contribution in [0.5, 0.6) is 0 Å². The van der Waals surface area contributed by atoms with Crippen LogP contribution in [0.15, 0.2) is 36.5 Å². The summed E-state index contributed by atoms with van der Waals surface area (Å²) in [5.74, 6) is -7.28. The van der Waals surface area contributed by atoms with Gasteiger partial charge >= 0.3 is 5.97 Å². The van der Waals surface area contributed by atoms with Crippen molar-refractivity contribution in [3.8, 4) is 0 Å². The van der Waals surface area contributed by atoms with Gasteiger partial charge in [-0.1, -0.05) is 92.7 Å². The number of carbonyl (C=O) groups excluding carboxylic acids is 3. The molecule has 320 valence electrons. The summed E-state index contributed by atoms with van der Waals surface area (Å²) in [7, 11) is 0. The van der Waals surface area contributed by atoms with Crippen LogP contribution >= 0.6 is 0 Å². The van der Waals surface area contributed by atoms with Crippen LogP contribution in [-0.4, -0.2) is 97.2 Å². The molecular weight excluding hydrogens is 716 g/mol. The Morgan fingerprint density at radius 1 is 0.839 bits per heavy atom. The van der Waals surface area contributed by atoms with E-state index in [2.05, 4.69) is 19.9 Å². The number of hydrogen-bond donors (Lipinski definition) is 5. The van der Waals surface area contributed by atoms with E-state index in [1.807, 2.05) is 32.1 Å². The Kier molecular flexibility index (Phi) is 17.7. The molecule has 3 heterocycles. The van der Waals surface area contributed by atoms with Gasteiger partial charge in [-0.3, -0.25) is 9.59 Å². The lowest BCUT2D eigenvalue weighted by Crippen LogP contribution is -2.62. The molecule has 3 rings (SSSR count). The molecule has 0 radical (unpaired) electrons. The van der Waals surface area contributed by atoms with Gasteiger partial charge in [0.1, 0.15) is 17.5 Å². The van der Waals surface area contributed by atoms with Crippen LogP contribution in [-0.2, 0) is 28.6 Å². The summed E-state index contributed by atoms with van der Waals surface area (Å²) in [5, 5.41) is 55.0. The molecule has 0 unspecified atom stereocenters. The number of rotatable bonds is 3. The normalized spacial score (nSPS) is 46.8. The molecule has 11 heteroatoms. The number of aliphatic hydroxyl groups excluding tert-OH is 4. The number of esters is 1. The van der Waals surface area contributed by atoms with Crippen LogP contribution in [0.2, 0.25) is 0 Å². The maximum absolute atomic E-state index is 13.5. The highest BCUT2D eigenvalue weighted by atomic mass is 16.7. The molecule has 0 aromatic heterocycles. The molecule has 0 amide bonds. The van der Waals surface area contributed by atoms with E-state index >= 15 is 0 Å². The standard InChI is InChI=1S/C45H74O11/c1-12-34-17-15-13-14-16-27(4)42(51)44(11,53)43(52)32(9)40(50)31(8)39(49)30(7)38(48)26(3)18-21-37(47)54-41-29(6)35(20-19-34)55-45(33(41)10)23-22-25(2)36(56-45)24-28(5)46/h13-15,17-18,21,25-36,38,40-42,46,48,50-51,53H,12,16,19-20,22-24H2,1-11H3/b14-13+,17-15+,21-18+/t25-,26-,27+,28+,29+,30-,31+,32+,33-,34-,35-,36-,38+,40-,41+,42-,44+,45+/m1/s1. The molecule has 0 aromatic rings. The summed E-state index contributed by atoms with van der Waals surface area (Å²) >= 11 is 0. The van der Waals surface area contributed by atoms with Crippen molar-refractivity contribution in [3.05, 3.63) is 36.5 Å². The van der Waals surface area contributed by atoms with Crippen molar-refractivity contribution < 1.29 is 54.1 Å². The van der Waals surface area contributed by atoms with Crippen molar-refractivity contribution in [2.75, 3.05) is 0 Å². The number of carbonyl (C=O) groups is 3. The smallest absolute Gasteiger partial charge is 0.330 e. The fourth-order valence-electron chi connectivity index (χ4n) is 9.01. The van der Waals surface area contributed by atoms with Gasteiger partial charge in [0, 0.05) is 48.0 Å². The quantitative estimate of drug-likeness (QED) is 0.216. The van der Waals surface area contributed by atoms with Crippen LogP contribution in [0.4, 0.5) is 0 Å². The van der Waals surface area contributed by atoms with Crippen molar-refractivity contribution in [3.63, 3.8) is 0 Å². The maximum atomic E-state index is 13.5. The Bertz CT molecular complexity index is 1390. The molecular formula is C45H74O11. The fraction of sp³-hybridized carbons (Fsp3) is 0.800. The lowest BCUT2D eigenvalue weighted by molar-refractivity contribution is -0.371. The molecule has 3 aliphatic rings. The first-order valence-electron chi connectivity index (χ1n) is 21.2. The van der Waals surface area contributed by atoms with E-state index in [1.54, 1.807) is 20.8 Å². The van der Waals surface area contributed by atoms with Crippen LogP contribution in [0.3, 0.4) is 0 Å². The van der Waals surface area contributed by atoms with Gasteiger partial charge in [-0.25, -0.2) is 4.79 Å². The SMILES string of the molecule is CC[C@@H]1/C=C/C=C/C[C@H](C)[C@@H](O)[C@](C)(O)C(=O)[C@@H](C)[C@H](O)[C@@H](C)C(=O)[C@H](C)[C@@H](O)[C@H](C)/C=C/C(=O)O[C@H]2[C@@H](C)[C@@H](CC1)O[C@]1(CC[C@@H](C)[C@@H](C[C@H](C)O)O1)[C@@H]2C. The van der Waals surface area contributed by atoms with Gasteiger partial charge in [-0.2, -0.15) is 0 Å². The first-order chi connectivity index (χ1) is 26.1. The summed E-state index contributed by atoms with van der Waals surface area (Å²) in [5.41, 5.74) is -2.18. The van der Waals surface area contributed by atoms with Gasteiger partial charge in [-0.05, 0) is 70.1 Å². The van der Waals surface area contributed by atoms with Gasteiger partial charge in [0.15, 0.2) is 11.6 Å². The van der Waals surface area contributed by atoms with E-state index in [-0.39, 0.29) is 35.9 Å². The average Bonchev–Trinajstić information content (AvgIpc) is 3.16. The van der Waals surface area contributed by atoms with Crippen molar-refractivity contribution in [1.82, 2.24) is 0 Å². The second kappa shape index (κ2) is 20.6. The van der Waals surface area contributed by atoms with E-state index in [0.29, 0.717) is 25.7 Å². The fourth-order valence-corrected chi connectivity index (χ4v) is 9.01. The second-order valence-corrected chi connectivity index (χ2v) is 18.0. The van der Waals surface area contributed by atoms with Crippen LogP contribution in [0.25, 0.3) is 0 Å². The summed E-state index contributed by atoms with van der Waals surface area (Å²) in [6.45, 7) is 19.1. The predicted molar refractivity (Wildman–Crippen MR) is 215 cm³/mol. The third-order valence-electron chi connectivity index (χ3n) is 13.4. The molecule has 56 heavy (non-hydrogen) atoms. The molecule has 18 atom stereocenters. The number of ether oxygens (including phenoxy) is 3. The Morgan fingerprint density at radius 2 is 1.48 bits per heavy atom. The van der Waals surface area contributed by atoms with Gasteiger partial charge in [0.05, 0.1) is 36.6 Å². The highest BCUT2D eigenvalue weighted by Gasteiger charge is 2.56. The summed E-state index contributed by atoms with van der Waals surface area (Å²) < 4.78 is 20.0. The Morgan fingerprint density at radius 3 is 2.11 bits per heavy atom. The summed E-state index contributed by atoms with van der Waals surface area (Å²) in [4.78, 5) is 40.5. The summed E-state index contributed by atoms with van der Waals surface area (Å²) in [6, 6.07) is 0. The van der Waals surface area contributed by atoms with E-state index in [0.717, 1.165) is 19.3 Å². The van der Waals surface area contributed by atoms with Gasteiger partial charge in [0.25, 0.3) is 0 Å². The Labute approximate surface area is 336 Å². The molecule has 1 spiro atoms. The molecule has 0 aliphatic carbocycles. The highest BCUT2D eigenvalue weighted by Crippen LogP contribution is 2.49. The number of fused-ring (bicyclic) bond motifs is 2. The largest absolute Gasteiger partial charge is 0.458 e. The molecule has 3 aliphatic heterocycles. The molecule has 11 nitrogen and oxygen atoms in total. The number of ketones is 2. The zero-order valence-electron chi connectivity index (χ0n) is 35.8. The first-order valence-corrected chi connectivity index (χ1v) is 21.2. The molecule has 0 saturated carbocycles. The van der Waals surface area contributed by atoms with Crippen LogP contribution in [0.1, 0.15) is 121 Å². The minimum absolute atomic E-state index is 0.168. The molecule has 0 aromatic carbocycles. The molecule has 5 N–H and O–H groups in total. The maximum Gasteiger partial charge on any atom is 0.330 e. The first kappa shape index (κ1) is 48.1. The number of hydrogen-bond acceptors (Lipinski definition) is 11. The Balaban J connectivity index is 1.99. The van der Waals surface area contributed by atoms with Crippen molar-refractivity contribution in [1.29, 1.82) is 0 Å². The predicted octanol–water partition coefficient (Wildman–Crippen LogP) is 5.88. The molecule has 2 bridgehead atoms. The number of Topliss-reactive ketones (excluding diaryl/α,β-unsaturated/α-hetero) is 2. The van der Waals surface area contributed by atoms with E-state index in [1.165, 1.54) is 39.8 Å². The topological polar surface area (TPSA) is 180 Å². The van der Waals surface area contributed by atoms with Crippen molar-refractivity contribution in [2.24, 2.45) is 53.3 Å². The van der Waals surface area contributed by atoms with Crippen LogP contribution in [0, 0.1) is 53.3 Å². The lowest BCUT2D eigenvalue weighted by Gasteiger charge is -2.55. The van der Waals surface area contributed by atoms with Gasteiger partial charge in [-0.15, -0.1) is 0 Å². The lowest BCUT2D eigenvalue weighted by atomic mass is 9.74. The van der Waals surface area contributed by atoms with Crippen molar-refractivity contribution in [2.45, 2.75) is 175 Å². The Hall–Kier alpha value is -2.25. The number of aliphatic hydroxyl groups is 5. The van der Waals surface area contributed by atoms with E-state index in [4.69, 9.17) is 14.2 Å². The van der Waals surface area contributed by atoms with Gasteiger partial charge in [0.2, 0.25) is 0 Å². The average molecular weight is 791 g/mol. The van der Waals surface area contributed by atoms with E-state index < -0.39 is 89.0 Å². The molecule has 2 fully saturated rings.